The van der Waals surface area contributed by atoms with Crippen LogP contribution in [0.4, 0.5) is 0 Å². The maximum atomic E-state index is 11.4. The monoisotopic (exact) mass is 217 g/mol. The first-order chi connectivity index (χ1) is 7.03. The summed E-state index contributed by atoms with van der Waals surface area (Å²) in [6, 6.07) is 0. The Labute approximate surface area is 89.4 Å². The molecule has 0 aliphatic carbocycles. The normalized spacial score (nSPS) is 24.9. The van der Waals surface area contributed by atoms with E-state index in [-0.39, 0.29) is 25.2 Å². The Kier molecular flexibility index (Phi) is 4.50. The molecule has 0 aromatic rings. The van der Waals surface area contributed by atoms with Crippen LogP contribution in [-0.4, -0.2) is 47.6 Å². The zero-order valence-electron chi connectivity index (χ0n) is 9.03. The van der Waals surface area contributed by atoms with Gasteiger partial charge in [0.1, 0.15) is 5.60 Å². The maximum Gasteiger partial charge on any atom is 0.222 e. The van der Waals surface area contributed by atoms with Crippen LogP contribution in [0.3, 0.4) is 0 Å². The van der Waals surface area contributed by atoms with E-state index >= 15 is 0 Å². The molecule has 88 valence electrons. The number of carbonyl (C=O) groups excluding carboxylic acids is 1. The van der Waals surface area contributed by atoms with Crippen LogP contribution in [0.5, 0.6) is 0 Å². The summed E-state index contributed by atoms with van der Waals surface area (Å²) in [4.78, 5) is 11.4. The zero-order chi connectivity index (χ0) is 11.3. The molecule has 1 heterocycles. The highest BCUT2D eigenvalue weighted by Crippen LogP contribution is 2.14. The lowest BCUT2D eigenvalue weighted by atomic mass is 10.1. The fourth-order valence-electron chi connectivity index (χ4n) is 1.43. The number of carbonyl (C=O) groups is 1. The van der Waals surface area contributed by atoms with Gasteiger partial charge in [-0.15, -0.1) is 0 Å². The lowest BCUT2D eigenvalue weighted by molar-refractivity contribution is -0.124. The van der Waals surface area contributed by atoms with Crippen LogP contribution in [0.25, 0.3) is 0 Å². The van der Waals surface area contributed by atoms with E-state index in [9.17, 15) is 9.90 Å². The summed E-state index contributed by atoms with van der Waals surface area (Å²) in [6.07, 6.45) is 2.28. The maximum absolute atomic E-state index is 11.4. The number of hydrogen-bond acceptors (Lipinski definition) is 4. The summed E-state index contributed by atoms with van der Waals surface area (Å²) < 4.78 is 5.31. The topological polar surface area (TPSA) is 78.8 Å². The van der Waals surface area contributed by atoms with Crippen LogP contribution >= 0.6 is 0 Å². The third-order valence-electron chi connectivity index (χ3n) is 2.44. The second kappa shape index (κ2) is 5.44. The molecule has 0 radical (unpaired) electrons. The van der Waals surface area contributed by atoms with Gasteiger partial charge in [0.25, 0.3) is 0 Å². The molecule has 1 rings (SSSR count). The van der Waals surface area contributed by atoms with Crippen molar-refractivity contribution in [2.75, 3.05) is 19.8 Å². The van der Waals surface area contributed by atoms with Gasteiger partial charge in [-0.1, -0.05) is 0 Å². The first-order valence-corrected chi connectivity index (χ1v) is 5.25. The third kappa shape index (κ3) is 4.59. The van der Waals surface area contributed by atoms with Crippen LogP contribution in [-0.2, 0) is 9.53 Å². The van der Waals surface area contributed by atoms with Crippen molar-refractivity contribution in [1.29, 1.82) is 0 Å². The second-order valence-electron chi connectivity index (χ2n) is 4.27. The predicted octanol–water partition coefficient (Wildman–Crippen LogP) is -0.585. The minimum Gasteiger partial charge on any atom is -0.393 e. The summed E-state index contributed by atoms with van der Waals surface area (Å²) >= 11 is 0. The quantitative estimate of drug-likeness (QED) is 0.575. The molecule has 0 bridgehead atoms. The standard InChI is InChI=1S/C10H19NO4/c1-10(14,7-12)6-11-9(13)5-8-3-2-4-15-8/h8,12,14H,2-7H2,1H3,(H,11,13). The van der Waals surface area contributed by atoms with E-state index in [1.807, 2.05) is 0 Å². The van der Waals surface area contributed by atoms with E-state index < -0.39 is 5.60 Å². The van der Waals surface area contributed by atoms with E-state index in [1.54, 1.807) is 0 Å². The first-order valence-electron chi connectivity index (χ1n) is 5.25. The molecule has 15 heavy (non-hydrogen) atoms. The predicted molar refractivity (Wildman–Crippen MR) is 54.3 cm³/mol. The summed E-state index contributed by atoms with van der Waals surface area (Å²) in [6.45, 7) is 1.90. The van der Waals surface area contributed by atoms with Crippen molar-refractivity contribution in [3.63, 3.8) is 0 Å². The number of ether oxygens (including phenoxy) is 1. The summed E-state index contributed by atoms with van der Waals surface area (Å²) in [5.41, 5.74) is -1.24. The molecule has 5 nitrogen and oxygen atoms in total. The molecular weight excluding hydrogens is 198 g/mol. The molecule has 0 aromatic heterocycles. The van der Waals surface area contributed by atoms with E-state index in [4.69, 9.17) is 9.84 Å². The van der Waals surface area contributed by atoms with Crippen LogP contribution < -0.4 is 5.32 Å². The molecule has 1 saturated heterocycles. The van der Waals surface area contributed by atoms with Crippen molar-refractivity contribution in [2.45, 2.75) is 37.9 Å². The molecule has 1 fully saturated rings. The fraction of sp³-hybridized carbons (Fsp3) is 0.900. The molecule has 3 N–H and O–H groups in total. The molecule has 0 aromatic carbocycles. The highest BCUT2D eigenvalue weighted by Gasteiger charge is 2.22. The summed E-state index contributed by atoms with van der Waals surface area (Å²) in [5, 5.41) is 20.8. The Morgan fingerprint density at radius 2 is 2.40 bits per heavy atom. The van der Waals surface area contributed by atoms with E-state index in [0.29, 0.717) is 6.42 Å². The minimum absolute atomic E-state index is 0.0177. The molecule has 2 atom stereocenters. The molecule has 2 unspecified atom stereocenters. The first kappa shape index (κ1) is 12.4. The molecule has 0 saturated carbocycles. The fourth-order valence-corrected chi connectivity index (χ4v) is 1.43. The van der Waals surface area contributed by atoms with Gasteiger partial charge in [0.15, 0.2) is 0 Å². The highest BCUT2D eigenvalue weighted by molar-refractivity contribution is 5.76. The van der Waals surface area contributed by atoms with Gasteiger partial charge >= 0.3 is 0 Å². The number of rotatable bonds is 5. The van der Waals surface area contributed by atoms with Gasteiger partial charge in [0.2, 0.25) is 5.91 Å². The van der Waals surface area contributed by atoms with Gasteiger partial charge in [0, 0.05) is 13.2 Å². The Morgan fingerprint density at radius 3 is 2.93 bits per heavy atom. The van der Waals surface area contributed by atoms with Crippen molar-refractivity contribution in [2.24, 2.45) is 0 Å². The molecule has 1 amide bonds. The van der Waals surface area contributed by atoms with Crippen molar-refractivity contribution in [1.82, 2.24) is 5.32 Å². The van der Waals surface area contributed by atoms with Crippen LogP contribution in [0, 0.1) is 0 Å². The Balaban J connectivity index is 2.18. The molecule has 5 heteroatoms. The van der Waals surface area contributed by atoms with Gasteiger partial charge < -0.3 is 20.3 Å². The van der Waals surface area contributed by atoms with Crippen LogP contribution in [0.15, 0.2) is 0 Å². The van der Waals surface area contributed by atoms with Gasteiger partial charge in [-0.3, -0.25) is 4.79 Å². The van der Waals surface area contributed by atoms with Crippen molar-refractivity contribution in [3.8, 4) is 0 Å². The van der Waals surface area contributed by atoms with Crippen LogP contribution in [0.2, 0.25) is 0 Å². The van der Waals surface area contributed by atoms with Crippen molar-refractivity contribution < 1.29 is 19.7 Å². The van der Waals surface area contributed by atoms with Gasteiger partial charge in [-0.25, -0.2) is 0 Å². The lowest BCUT2D eigenvalue weighted by Gasteiger charge is -2.21. The SMILES string of the molecule is CC(O)(CO)CNC(=O)CC1CCCO1. The van der Waals surface area contributed by atoms with Crippen LogP contribution in [0.1, 0.15) is 26.2 Å². The Bertz CT molecular complexity index is 211. The number of amides is 1. The number of aliphatic hydroxyl groups excluding tert-OH is 1. The number of aliphatic hydroxyl groups is 2. The van der Waals surface area contributed by atoms with E-state index in [0.717, 1.165) is 19.4 Å². The molecular formula is C10H19NO4. The average Bonchev–Trinajstić information content (AvgIpc) is 2.68. The molecule has 1 aliphatic heterocycles. The van der Waals surface area contributed by atoms with Gasteiger partial charge in [-0.05, 0) is 19.8 Å². The zero-order valence-corrected chi connectivity index (χ0v) is 9.03. The van der Waals surface area contributed by atoms with Gasteiger partial charge in [0.05, 0.1) is 19.1 Å². The molecule has 1 aliphatic rings. The largest absolute Gasteiger partial charge is 0.393 e. The highest BCUT2D eigenvalue weighted by atomic mass is 16.5. The molecule has 0 spiro atoms. The Morgan fingerprint density at radius 1 is 1.67 bits per heavy atom. The lowest BCUT2D eigenvalue weighted by Crippen LogP contribution is -2.43. The van der Waals surface area contributed by atoms with E-state index in [2.05, 4.69) is 5.32 Å². The summed E-state index contributed by atoms with van der Waals surface area (Å²) in [5.74, 6) is -0.143. The number of hydrogen-bond donors (Lipinski definition) is 3. The van der Waals surface area contributed by atoms with Crippen molar-refractivity contribution in [3.05, 3.63) is 0 Å². The summed E-state index contributed by atoms with van der Waals surface area (Å²) in [7, 11) is 0. The third-order valence-corrected chi connectivity index (χ3v) is 2.44. The Hall–Kier alpha value is -0.650. The van der Waals surface area contributed by atoms with Gasteiger partial charge in [-0.2, -0.15) is 0 Å². The smallest absolute Gasteiger partial charge is 0.222 e. The van der Waals surface area contributed by atoms with Crippen molar-refractivity contribution >= 4 is 5.91 Å². The minimum atomic E-state index is -1.24. The van der Waals surface area contributed by atoms with E-state index in [1.165, 1.54) is 6.92 Å². The second-order valence-corrected chi connectivity index (χ2v) is 4.27. The number of nitrogens with one attached hydrogen (secondary N) is 1. The average molecular weight is 217 g/mol.